The molecule has 21 heavy (non-hydrogen) atoms. The Hall–Kier alpha value is -2.56. The standard InChI is InChI=1S/C16H18N4O/c1-10(2)20-14-7-6-11(21-3)9-13(14)19-16(20)15-12(17)5-4-8-18-15/h4-10H,17H2,1-3H3. The molecule has 0 aliphatic heterocycles. The van der Waals surface area contributed by atoms with Gasteiger partial charge in [-0.25, -0.2) is 4.98 Å². The lowest BCUT2D eigenvalue weighted by Crippen LogP contribution is -2.05. The Bertz CT molecular complexity index is 792. The number of benzene rings is 1. The van der Waals surface area contributed by atoms with Crippen molar-refractivity contribution in [2.24, 2.45) is 0 Å². The van der Waals surface area contributed by atoms with E-state index in [0.717, 1.165) is 22.6 Å². The van der Waals surface area contributed by atoms with Crippen LogP contribution < -0.4 is 10.5 Å². The Kier molecular flexibility index (Phi) is 3.25. The average Bonchev–Trinajstić information content (AvgIpc) is 2.85. The van der Waals surface area contributed by atoms with Gasteiger partial charge in [0, 0.05) is 18.3 Å². The van der Waals surface area contributed by atoms with Gasteiger partial charge in [-0.2, -0.15) is 0 Å². The maximum Gasteiger partial charge on any atom is 0.162 e. The third kappa shape index (κ3) is 2.20. The molecule has 0 aliphatic rings. The molecule has 0 atom stereocenters. The molecule has 0 spiro atoms. The number of methoxy groups -OCH3 is 1. The fourth-order valence-electron chi connectivity index (χ4n) is 2.50. The number of nitrogens with zero attached hydrogens (tertiary/aromatic N) is 3. The fraction of sp³-hybridized carbons (Fsp3) is 0.250. The number of imidazole rings is 1. The molecule has 2 heterocycles. The quantitative estimate of drug-likeness (QED) is 0.800. The summed E-state index contributed by atoms with van der Waals surface area (Å²) >= 11 is 0. The van der Waals surface area contributed by atoms with Crippen LogP contribution in [0.1, 0.15) is 19.9 Å². The molecule has 5 heteroatoms. The molecular formula is C16H18N4O. The fourth-order valence-corrected chi connectivity index (χ4v) is 2.50. The smallest absolute Gasteiger partial charge is 0.162 e. The minimum atomic E-state index is 0.250. The number of anilines is 1. The Labute approximate surface area is 123 Å². The topological polar surface area (TPSA) is 66.0 Å². The van der Waals surface area contributed by atoms with Gasteiger partial charge < -0.3 is 15.0 Å². The summed E-state index contributed by atoms with van der Waals surface area (Å²) in [6, 6.07) is 9.80. The highest BCUT2D eigenvalue weighted by atomic mass is 16.5. The lowest BCUT2D eigenvalue weighted by atomic mass is 10.2. The van der Waals surface area contributed by atoms with E-state index in [9.17, 15) is 0 Å². The second kappa shape index (κ2) is 5.09. The molecule has 2 N–H and O–H groups in total. The molecule has 0 unspecified atom stereocenters. The largest absolute Gasteiger partial charge is 0.497 e. The summed E-state index contributed by atoms with van der Waals surface area (Å²) in [5, 5.41) is 0. The molecule has 108 valence electrons. The molecule has 0 aliphatic carbocycles. The zero-order valence-electron chi connectivity index (χ0n) is 12.4. The van der Waals surface area contributed by atoms with Crippen molar-refractivity contribution < 1.29 is 4.74 Å². The Balaban J connectivity index is 2.31. The highest BCUT2D eigenvalue weighted by Gasteiger charge is 2.18. The molecule has 2 aromatic heterocycles. The van der Waals surface area contributed by atoms with E-state index in [1.165, 1.54) is 0 Å². The maximum atomic E-state index is 6.06. The van der Waals surface area contributed by atoms with Crippen molar-refractivity contribution in [3.05, 3.63) is 36.5 Å². The van der Waals surface area contributed by atoms with Gasteiger partial charge in [-0.1, -0.05) is 0 Å². The van der Waals surface area contributed by atoms with Gasteiger partial charge in [0.1, 0.15) is 11.4 Å². The van der Waals surface area contributed by atoms with E-state index in [1.54, 1.807) is 13.3 Å². The van der Waals surface area contributed by atoms with Crippen LogP contribution >= 0.6 is 0 Å². The molecule has 1 aromatic carbocycles. The highest BCUT2D eigenvalue weighted by Crippen LogP contribution is 2.31. The van der Waals surface area contributed by atoms with Gasteiger partial charge in [-0.15, -0.1) is 0 Å². The van der Waals surface area contributed by atoms with Gasteiger partial charge in [0.05, 0.1) is 23.8 Å². The monoisotopic (exact) mass is 282 g/mol. The number of rotatable bonds is 3. The van der Waals surface area contributed by atoms with Crippen LogP contribution in [0.2, 0.25) is 0 Å². The number of ether oxygens (including phenoxy) is 1. The molecule has 0 saturated carbocycles. The van der Waals surface area contributed by atoms with Crippen molar-refractivity contribution in [3.63, 3.8) is 0 Å². The Morgan fingerprint density at radius 1 is 1.24 bits per heavy atom. The van der Waals surface area contributed by atoms with Crippen LogP contribution in [0.15, 0.2) is 36.5 Å². The van der Waals surface area contributed by atoms with Crippen LogP contribution in [-0.2, 0) is 0 Å². The van der Waals surface area contributed by atoms with Crippen molar-refractivity contribution >= 4 is 16.7 Å². The van der Waals surface area contributed by atoms with Crippen LogP contribution in [-0.4, -0.2) is 21.6 Å². The predicted molar refractivity (Wildman–Crippen MR) is 84.3 cm³/mol. The van der Waals surface area contributed by atoms with Gasteiger partial charge >= 0.3 is 0 Å². The van der Waals surface area contributed by atoms with Crippen LogP contribution in [0.25, 0.3) is 22.6 Å². The molecule has 0 fully saturated rings. The van der Waals surface area contributed by atoms with E-state index in [4.69, 9.17) is 15.5 Å². The van der Waals surface area contributed by atoms with E-state index < -0.39 is 0 Å². The number of nitrogens with two attached hydrogens (primary N) is 1. The first kappa shape index (κ1) is 13.4. The first-order valence-electron chi connectivity index (χ1n) is 6.88. The normalized spacial score (nSPS) is 11.2. The average molecular weight is 282 g/mol. The highest BCUT2D eigenvalue weighted by molar-refractivity contribution is 5.83. The number of aromatic nitrogens is 3. The van der Waals surface area contributed by atoms with E-state index in [2.05, 4.69) is 23.4 Å². The first-order valence-corrected chi connectivity index (χ1v) is 6.88. The van der Waals surface area contributed by atoms with Gasteiger partial charge in [0.25, 0.3) is 0 Å². The number of nitrogen functional groups attached to an aromatic ring is 1. The van der Waals surface area contributed by atoms with Crippen molar-refractivity contribution in [2.45, 2.75) is 19.9 Å². The summed E-state index contributed by atoms with van der Waals surface area (Å²) in [4.78, 5) is 9.10. The van der Waals surface area contributed by atoms with Crippen molar-refractivity contribution in [1.82, 2.24) is 14.5 Å². The summed E-state index contributed by atoms with van der Waals surface area (Å²) in [5.41, 5.74) is 9.32. The van der Waals surface area contributed by atoms with Crippen LogP contribution in [0.3, 0.4) is 0 Å². The molecule has 0 saturated heterocycles. The number of hydrogen-bond donors (Lipinski definition) is 1. The van der Waals surface area contributed by atoms with Crippen molar-refractivity contribution in [3.8, 4) is 17.3 Å². The number of fused-ring (bicyclic) bond motifs is 1. The SMILES string of the molecule is COc1ccc2c(c1)nc(-c1ncccc1N)n2C(C)C. The molecule has 0 amide bonds. The van der Waals surface area contributed by atoms with Gasteiger partial charge in [-0.3, -0.25) is 4.98 Å². The minimum Gasteiger partial charge on any atom is -0.497 e. The lowest BCUT2D eigenvalue weighted by molar-refractivity contribution is 0.415. The summed E-state index contributed by atoms with van der Waals surface area (Å²) in [6.45, 7) is 4.24. The zero-order valence-corrected chi connectivity index (χ0v) is 12.4. The van der Waals surface area contributed by atoms with Gasteiger partial charge in [0.15, 0.2) is 5.82 Å². The summed E-state index contributed by atoms with van der Waals surface area (Å²) in [5.74, 6) is 1.57. The third-order valence-electron chi connectivity index (χ3n) is 3.46. The van der Waals surface area contributed by atoms with E-state index in [1.807, 2.05) is 30.3 Å². The van der Waals surface area contributed by atoms with Crippen LogP contribution in [0, 0.1) is 0 Å². The zero-order chi connectivity index (χ0) is 15.0. The number of pyridine rings is 1. The van der Waals surface area contributed by atoms with Gasteiger partial charge in [0.2, 0.25) is 0 Å². The molecule has 3 aromatic rings. The van der Waals surface area contributed by atoms with Crippen molar-refractivity contribution in [2.75, 3.05) is 12.8 Å². The van der Waals surface area contributed by atoms with Crippen molar-refractivity contribution in [1.29, 1.82) is 0 Å². The summed E-state index contributed by atoms with van der Waals surface area (Å²) in [6.07, 6.45) is 1.73. The lowest BCUT2D eigenvalue weighted by Gasteiger charge is -2.13. The van der Waals surface area contributed by atoms with E-state index >= 15 is 0 Å². The van der Waals surface area contributed by atoms with Gasteiger partial charge in [-0.05, 0) is 38.1 Å². The first-order chi connectivity index (χ1) is 10.1. The maximum absolute atomic E-state index is 6.06. The predicted octanol–water partition coefficient (Wildman–Crippen LogP) is 3.27. The second-order valence-corrected chi connectivity index (χ2v) is 5.20. The molecule has 0 bridgehead atoms. The van der Waals surface area contributed by atoms with Crippen LogP contribution in [0.5, 0.6) is 5.75 Å². The molecule has 3 rings (SSSR count). The minimum absolute atomic E-state index is 0.250. The Morgan fingerprint density at radius 2 is 2.05 bits per heavy atom. The summed E-state index contributed by atoms with van der Waals surface area (Å²) in [7, 11) is 1.65. The van der Waals surface area contributed by atoms with Crippen LogP contribution in [0.4, 0.5) is 5.69 Å². The molecule has 0 radical (unpaired) electrons. The molecular weight excluding hydrogens is 264 g/mol. The number of hydrogen-bond acceptors (Lipinski definition) is 4. The van der Waals surface area contributed by atoms with E-state index in [-0.39, 0.29) is 6.04 Å². The Morgan fingerprint density at radius 3 is 2.71 bits per heavy atom. The summed E-state index contributed by atoms with van der Waals surface area (Å²) < 4.78 is 7.42. The second-order valence-electron chi connectivity index (χ2n) is 5.20. The third-order valence-corrected chi connectivity index (χ3v) is 3.46. The molecule has 5 nitrogen and oxygen atoms in total. The van der Waals surface area contributed by atoms with E-state index in [0.29, 0.717) is 11.4 Å².